The van der Waals surface area contributed by atoms with Gasteiger partial charge in [0, 0.05) is 31.9 Å². The quantitative estimate of drug-likeness (QED) is 0.676. The fourth-order valence-corrected chi connectivity index (χ4v) is 4.04. The van der Waals surface area contributed by atoms with E-state index in [0.29, 0.717) is 0 Å². The summed E-state index contributed by atoms with van der Waals surface area (Å²) >= 11 is 0. The maximum atomic E-state index is 13.5. The van der Waals surface area contributed by atoms with Crippen molar-refractivity contribution in [1.82, 2.24) is 4.90 Å². The lowest BCUT2D eigenvalue weighted by atomic mass is 9.90. The van der Waals surface area contributed by atoms with Crippen molar-refractivity contribution in [2.75, 3.05) is 31.1 Å². The number of amides is 1. The van der Waals surface area contributed by atoms with Crippen LogP contribution in [-0.2, 0) is 4.79 Å². The molecule has 3 aromatic rings. The predicted octanol–water partition coefficient (Wildman–Crippen LogP) is 4.48. The molecular weight excluding hydrogens is 344 g/mol. The Hall–Kier alpha value is -3.07. The smallest absolute Gasteiger partial charge is 0.234 e. The number of piperazine rings is 1. The summed E-state index contributed by atoms with van der Waals surface area (Å²) in [5.41, 5.74) is 4.67. The molecule has 0 N–H and O–H groups in total. The lowest BCUT2D eigenvalue weighted by Crippen LogP contribution is -2.50. The van der Waals surface area contributed by atoms with Crippen LogP contribution < -0.4 is 4.90 Å². The van der Waals surface area contributed by atoms with E-state index in [0.717, 1.165) is 37.3 Å². The van der Waals surface area contributed by atoms with Crippen LogP contribution in [0.1, 0.15) is 22.6 Å². The van der Waals surface area contributed by atoms with Gasteiger partial charge in [-0.05, 0) is 29.7 Å². The van der Waals surface area contributed by atoms with Crippen LogP contribution in [0.25, 0.3) is 0 Å². The topological polar surface area (TPSA) is 23.6 Å². The van der Waals surface area contributed by atoms with Crippen LogP contribution in [0.5, 0.6) is 0 Å². The highest BCUT2D eigenvalue weighted by Gasteiger charge is 2.30. The maximum Gasteiger partial charge on any atom is 0.234 e. The van der Waals surface area contributed by atoms with Crippen LogP contribution in [0.2, 0.25) is 0 Å². The molecule has 0 saturated carbocycles. The van der Waals surface area contributed by atoms with Crippen LogP contribution in [0.4, 0.5) is 5.69 Å². The average molecular weight is 370 g/mol. The zero-order chi connectivity index (χ0) is 19.3. The average Bonchev–Trinajstić information content (AvgIpc) is 2.76. The first kappa shape index (κ1) is 18.3. The lowest BCUT2D eigenvalue weighted by molar-refractivity contribution is -0.132. The Morgan fingerprint density at radius 2 is 1.21 bits per heavy atom. The fourth-order valence-electron chi connectivity index (χ4n) is 4.04. The van der Waals surface area contributed by atoms with Gasteiger partial charge in [-0.2, -0.15) is 0 Å². The second kappa shape index (κ2) is 8.30. The number of hydrogen-bond acceptors (Lipinski definition) is 2. The molecule has 0 radical (unpaired) electrons. The van der Waals surface area contributed by atoms with Gasteiger partial charge in [0.1, 0.15) is 0 Å². The van der Waals surface area contributed by atoms with E-state index in [1.54, 1.807) is 0 Å². The van der Waals surface area contributed by atoms with Crippen molar-refractivity contribution >= 4 is 11.6 Å². The summed E-state index contributed by atoms with van der Waals surface area (Å²) in [7, 11) is 0. The van der Waals surface area contributed by atoms with E-state index in [1.807, 2.05) is 41.3 Å². The summed E-state index contributed by atoms with van der Waals surface area (Å²) in [5, 5.41) is 0. The summed E-state index contributed by atoms with van der Waals surface area (Å²) in [6, 6.07) is 28.7. The van der Waals surface area contributed by atoms with Crippen molar-refractivity contribution in [3.05, 3.63) is 102 Å². The molecule has 3 heteroatoms. The van der Waals surface area contributed by atoms with Gasteiger partial charge in [-0.25, -0.2) is 0 Å². The molecule has 142 valence electrons. The molecule has 1 fully saturated rings. The Kier molecular flexibility index (Phi) is 5.43. The molecule has 1 saturated heterocycles. The normalized spacial score (nSPS) is 14.4. The van der Waals surface area contributed by atoms with Crippen LogP contribution in [0, 0.1) is 6.92 Å². The Labute approximate surface area is 167 Å². The third kappa shape index (κ3) is 3.79. The largest absolute Gasteiger partial charge is 0.368 e. The molecule has 3 nitrogen and oxygen atoms in total. The first-order chi connectivity index (χ1) is 13.7. The molecule has 0 bridgehead atoms. The van der Waals surface area contributed by atoms with Crippen molar-refractivity contribution in [1.29, 1.82) is 0 Å². The fraction of sp³-hybridized carbons (Fsp3) is 0.240. The number of para-hydroxylation sites is 1. The highest BCUT2D eigenvalue weighted by Crippen LogP contribution is 2.28. The number of hydrogen-bond donors (Lipinski definition) is 0. The third-order valence-corrected chi connectivity index (χ3v) is 5.56. The monoisotopic (exact) mass is 370 g/mol. The van der Waals surface area contributed by atoms with E-state index >= 15 is 0 Å². The second-order valence-corrected chi connectivity index (χ2v) is 7.35. The Bertz CT molecular complexity index is 876. The number of anilines is 1. The minimum Gasteiger partial charge on any atom is -0.368 e. The number of aryl methyl sites for hydroxylation is 1. The lowest BCUT2D eigenvalue weighted by Gasteiger charge is -2.38. The van der Waals surface area contributed by atoms with Gasteiger partial charge in [0.25, 0.3) is 0 Å². The van der Waals surface area contributed by atoms with Gasteiger partial charge < -0.3 is 9.80 Å². The Morgan fingerprint density at radius 1 is 0.714 bits per heavy atom. The summed E-state index contributed by atoms with van der Waals surface area (Å²) in [6.07, 6.45) is 0. The second-order valence-electron chi connectivity index (χ2n) is 7.35. The van der Waals surface area contributed by atoms with Gasteiger partial charge in [-0.15, -0.1) is 0 Å². The minimum absolute atomic E-state index is 0.196. The van der Waals surface area contributed by atoms with Gasteiger partial charge >= 0.3 is 0 Å². The Balaban J connectivity index is 1.53. The van der Waals surface area contributed by atoms with Gasteiger partial charge in [0.2, 0.25) is 5.91 Å². The molecule has 0 aliphatic carbocycles. The van der Waals surface area contributed by atoms with Crippen LogP contribution in [-0.4, -0.2) is 37.0 Å². The molecule has 1 aliphatic heterocycles. The van der Waals surface area contributed by atoms with Crippen molar-refractivity contribution in [2.24, 2.45) is 0 Å². The standard InChI is InChI=1S/C25H26N2O/c1-20-10-8-9-15-23(20)26-16-18-27(19-17-26)25(28)24(21-11-4-2-5-12-21)22-13-6-3-7-14-22/h2-15,24H,16-19H2,1H3. The maximum absolute atomic E-state index is 13.5. The van der Waals surface area contributed by atoms with Crippen LogP contribution in [0.15, 0.2) is 84.9 Å². The zero-order valence-electron chi connectivity index (χ0n) is 16.3. The predicted molar refractivity (Wildman–Crippen MR) is 115 cm³/mol. The first-order valence-corrected chi connectivity index (χ1v) is 9.93. The summed E-state index contributed by atoms with van der Waals surface area (Å²) in [5.74, 6) is -0.0470. The minimum atomic E-state index is -0.243. The molecule has 0 aromatic heterocycles. The number of carbonyl (C=O) groups is 1. The van der Waals surface area contributed by atoms with E-state index in [4.69, 9.17) is 0 Å². The number of rotatable bonds is 4. The van der Waals surface area contributed by atoms with Crippen LogP contribution >= 0.6 is 0 Å². The summed E-state index contributed by atoms with van der Waals surface area (Å²) in [4.78, 5) is 17.9. The van der Waals surface area contributed by atoms with E-state index < -0.39 is 0 Å². The number of benzene rings is 3. The first-order valence-electron chi connectivity index (χ1n) is 9.93. The van der Waals surface area contributed by atoms with Gasteiger partial charge in [0.05, 0.1) is 5.92 Å². The summed E-state index contributed by atoms with van der Waals surface area (Å²) in [6.45, 7) is 5.39. The molecule has 28 heavy (non-hydrogen) atoms. The van der Waals surface area contributed by atoms with Crippen LogP contribution in [0.3, 0.4) is 0 Å². The molecule has 0 atom stereocenters. The Morgan fingerprint density at radius 3 is 1.75 bits per heavy atom. The molecule has 4 rings (SSSR count). The molecule has 0 spiro atoms. The van der Waals surface area contributed by atoms with Crippen molar-refractivity contribution < 1.29 is 4.79 Å². The molecule has 3 aromatic carbocycles. The van der Waals surface area contributed by atoms with E-state index in [1.165, 1.54) is 11.3 Å². The molecule has 1 heterocycles. The number of nitrogens with zero attached hydrogens (tertiary/aromatic N) is 2. The van der Waals surface area contributed by atoms with E-state index in [9.17, 15) is 4.79 Å². The van der Waals surface area contributed by atoms with E-state index in [2.05, 4.69) is 60.4 Å². The molecular formula is C25H26N2O. The highest BCUT2D eigenvalue weighted by atomic mass is 16.2. The molecule has 1 amide bonds. The van der Waals surface area contributed by atoms with Gasteiger partial charge in [0.15, 0.2) is 0 Å². The van der Waals surface area contributed by atoms with Gasteiger partial charge in [-0.3, -0.25) is 4.79 Å². The SMILES string of the molecule is Cc1ccccc1N1CCN(C(=O)C(c2ccccc2)c2ccccc2)CC1. The third-order valence-electron chi connectivity index (χ3n) is 5.56. The molecule has 1 aliphatic rings. The van der Waals surface area contributed by atoms with E-state index in [-0.39, 0.29) is 11.8 Å². The summed E-state index contributed by atoms with van der Waals surface area (Å²) < 4.78 is 0. The van der Waals surface area contributed by atoms with Gasteiger partial charge in [-0.1, -0.05) is 78.9 Å². The zero-order valence-corrected chi connectivity index (χ0v) is 16.3. The van der Waals surface area contributed by atoms with Crippen molar-refractivity contribution in [3.63, 3.8) is 0 Å². The number of carbonyl (C=O) groups excluding carboxylic acids is 1. The highest BCUT2D eigenvalue weighted by molar-refractivity contribution is 5.87. The van der Waals surface area contributed by atoms with Crippen molar-refractivity contribution in [2.45, 2.75) is 12.8 Å². The molecule has 0 unspecified atom stereocenters. The van der Waals surface area contributed by atoms with Crippen molar-refractivity contribution in [3.8, 4) is 0 Å².